The van der Waals surface area contributed by atoms with Crippen LogP contribution in [0.25, 0.3) is 0 Å². The van der Waals surface area contributed by atoms with Crippen LogP contribution in [0.1, 0.15) is 22.3 Å². The lowest BCUT2D eigenvalue weighted by molar-refractivity contribution is 0.0922. The molecule has 0 unspecified atom stereocenters. The summed E-state index contributed by atoms with van der Waals surface area (Å²) in [4.78, 5) is 17.6. The standard InChI is InChI=1S/C26H28ClN3O3S/c27-23-9-11-24(12-10-23)28-34(32,33)25-8-4-7-22(19-25)26(31)13-14-29-15-17-30(18-16-29)20-21-5-2-1-3-6-21/h1-12,19,28H,13-18,20H2. The summed E-state index contributed by atoms with van der Waals surface area (Å²) in [6.07, 6.45) is 0.354. The number of carbonyl (C=O) groups excluding carboxylic acids is 1. The molecular weight excluding hydrogens is 470 g/mol. The van der Waals surface area contributed by atoms with Gasteiger partial charge in [-0.3, -0.25) is 14.4 Å². The van der Waals surface area contributed by atoms with Crippen LogP contribution in [0.2, 0.25) is 5.02 Å². The number of Topliss-reactive ketones (excluding diaryl/α,β-unsaturated/α-hetero) is 1. The van der Waals surface area contributed by atoms with Gasteiger partial charge in [-0.1, -0.05) is 54.1 Å². The van der Waals surface area contributed by atoms with Crippen LogP contribution >= 0.6 is 11.6 Å². The number of sulfonamides is 1. The van der Waals surface area contributed by atoms with Gasteiger partial charge in [0.05, 0.1) is 4.90 Å². The van der Waals surface area contributed by atoms with Crippen molar-refractivity contribution >= 4 is 33.1 Å². The molecule has 1 saturated heterocycles. The molecule has 178 valence electrons. The Labute approximate surface area is 206 Å². The summed E-state index contributed by atoms with van der Waals surface area (Å²) in [6.45, 7) is 5.37. The highest BCUT2D eigenvalue weighted by Gasteiger charge is 2.20. The van der Waals surface area contributed by atoms with Crippen molar-refractivity contribution in [2.45, 2.75) is 17.9 Å². The van der Waals surface area contributed by atoms with Gasteiger partial charge in [0.1, 0.15) is 0 Å². The highest BCUT2D eigenvalue weighted by Crippen LogP contribution is 2.20. The largest absolute Gasteiger partial charge is 0.300 e. The van der Waals surface area contributed by atoms with E-state index in [2.05, 4.69) is 38.8 Å². The minimum absolute atomic E-state index is 0.0582. The first-order valence-corrected chi connectivity index (χ1v) is 13.2. The molecule has 1 fully saturated rings. The molecule has 6 nitrogen and oxygen atoms in total. The fourth-order valence-corrected chi connectivity index (χ4v) is 5.22. The van der Waals surface area contributed by atoms with Crippen molar-refractivity contribution in [1.82, 2.24) is 9.80 Å². The lowest BCUT2D eigenvalue weighted by Crippen LogP contribution is -2.46. The van der Waals surface area contributed by atoms with Crippen LogP contribution in [0.5, 0.6) is 0 Å². The quantitative estimate of drug-likeness (QED) is 0.440. The van der Waals surface area contributed by atoms with Crippen LogP contribution in [-0.4, -0.2) is 56.7 Å². The van der Waals surface area contributed by atoms with E-state index in [1.54, 1.807) is 36.4 Å². The van der Waals surface area contributed by atoms with E-state index in [1.807, 2.05) is 6.07 Å². The van der Waals surface area contributed by atoms with Gasteiger partial charge in [-0.05, 0) is 42.0 Å². The molecule has 0 spiro atoms. The lowest BCUT2D eigenvalue weighted by Gasteiger charge is -2.34. The average molecular weight is 498 g/mol. The van der Waals surface area contributed by atoms with Crippen molar-refractivity contribution in [3.05, 3.63) is 95.0 Å². The van der Waals surface area contributed by atoms with E-state index < -0.39 is 10.0 Å². The molecule has 0 atom stereocenters. The molecule has 0 aromatic heterocycles. The van der Waals surface area contributed by atoms with Gasteiger partial charge in [0.2, 0.25) is 0 Å². The molecule has 1 aliphatic heterocycles. The molecule has 4 rings (SSSR count). The summed E-state index contributed by atoms with van der Waals surface area (Å²) in [5, 5.41) is 0.521. The van der Waals surface area contributed by atoms with Gasteiger partial charge in [0.15, 0.2) is 5.78 Å². The predicted molar refractivity (Wildman–Crippen MR) is 136 cm³/mol. The van der Waals surface area contributed by atoms with Crippen molar-refractivity contribution in [2.75, 3.05) is 37.4 Å². The van der Waals surface area contributed by atoms with Crippen LogP contribution < -0.4 is 4.72 Å². The molecule has 3 aromatic rings. The topological polar surface area (TPSA) is 69.7 Å². The Morgan fingerprint density at radius 2 is 1.53 bits per heavy atom. The number of hydrogen-bond acceptors (Lipinski definition) is 5. The van der Waals surface area contributed by atoms with Gasteiger partial charge in [0, 0.05) is 62.0 Å². The number of ketones is 1. The second-order valence-corrected chi connectivity index (χ2v) is 10.5. The van der Waals surface area contributed by atoms with E-state index in [4.69, 9.17) is 11.6 Å². The fraction of sp³-hybridized carbons (Fsp3) is 0.269. The fourth-order valence-electron chi connectivity index (χ4n) is 3.99. The summed E-state index contributed by atoms with van der Waals surface area (Å²) in [6, 6.07) is 23.0. The second-order valence-electron chi connectivity index (χ2n) is 8.42. The van der Waals surface area contributed by atoms with E-state index in [0.717, 1.165) is 32.7 Å². The molecule has 1 aliphatic rings. The number of nitrogens with one attached hydrogen (secondary N) is 1. The number of nitrogens with zero attached hydrogens (tertiary/aromatic N) is 2. The molecule has 0 radical (unpaired) electrons. The normalized spacial score (nSPS) is 15.2. The maximum absolute atomic E-state index is 12.8. The summed E-state index contributed by atoms with van der Waals surface area (Å²) in [5.41, 5.74) is 2.13. The maximum Gasteiger partial charge on any atom is 0.261 e. The third-order valence-electron chi connectivity index (χ3n) is 5.93. The first kappa shape index (κ1) is 24.4. The number of halogens is 1. The smallest absolute Gasteiger partial charge is 0.261 e. The van der Waals surface area contributed by atoms with Crippen molar-refractivity contribution in [1.29, 1.82) is 0 Å². The molecule has 8 heteroatoms. The highest BCUT2D eigenvalue weighted by molar-refractivity contribution is 7.92. The van der Waals surface area contributed by atoms with Crippen molar-refractivity contribution in [3.63, 3.8) is 0 Å². The number of rotatable bonds is 9. The van der Waals surface area contributed by atoms with Crippen molar-refractivity contribution < 1.29 is 13.2 Å². The predicted octanol–water partition coefficient (Wildman–Crippen LogP) is 4.53. The summed E-state index contributed by atoms with van der Waals surface area (Å²) in [5.74, 6) is -0.0599. The molecular formula is C26H28ClN3O3S. The number of hydrogen-bond donors (Lipinski definition) is 1. The zero-order chi connectivity index (χ0) is 24.0. The maximum atomic E-state index is 12.8. The molecule has 0 saturated carbocycles. The lowest BCUT2D eigenvalue weighted by atomic mass is 10.1. The number of anilines is 1. The van der Waals surface area contributed by atoms with Crippen LogP contribution in [-0.2, 0) is 16.6 Å². The van der Waals surface area contributed by atoms with E-state index in [0.29, 0.717) is 29.2 Å². The van der Waals surface area contributed by atoms with Gasteiger partial charge < -0.3 is 4.90 Å². The van der Waals surface area contributed by atoms with Crippen LogP contribution in [0.15, 0.2) is 83.8 Å². The van der Waals surface area contributed by atoms with Crippen molar-refractivity contribution in [3.8, 4) is 0 Å². The highest BCUT2D eigenvalue weighted by atomic mass is 35.5. The molecule has 0 aliphatic carbocycles. The van der Waals surface area contributed by atoms with Gasteiger partial charge in [0.25, 0.3) is 10.0 Å². The Morgan fingerprint density at radius 3 is 2.24 bits per heavy atom. The minimum Gasteiger partial charge on any atom is -0.300 e. The Bertz CT molecular complexity index is 1210. The number of carbonyl (C=O) groups is 1. The van der Waals surface area contributed by atoms with Gasteiger partial charge in [-0.2, -0.15) is 0 Å². The first-order valence-electron chi connectivity index (χ1n) is 11.3. The third kappa shape index (κ3) is 6.67. The van der Waals surface area contributed by atoms with E-state index in [1.165, 1.54) is 17.7 Å². The number of benzene rings is 3. The van der Waals surface area contributed by atoms with Crippen molar-refractivity contribution in [2.24, 2.45) is 0 Å². The van der Waals surface area contributed by atoms with E-state index in [-0.39, 0.29) is 10.7 Å². The summed E-state index contributed by atoms with van der Waals surface area (Å²) >= 11 is 5.86. The summed E-state index contributed by atoms with van der Waals surface area (Å²) < 4.78 is 28.0. The second kappa shape index (κ2) is 11.1. The Hall–Kier alpha value is -2.71. The first-order chi connectivity index (χ1) is 16.4. The average Bonchev–Trinajstić information content (AvgIpc) is 2.85. The molecule has 3 aromatic carbocycles. The zero-order valence-electron chi connectivity index (χ0n) is 18.9. The van der Waals surface area contributed by atoms with E-state index >= 15 is 0 Å². The van der Waals surface area contributed by atoms with Crippen LogP contribution in [0.4, 0.5) is 5.69 Å². The molecule has 0 amide bonds. The monoisotopic (exact) mass is 497 g/mol. The zero-order valence-corrected chi connectivity index (χ0v) is 20.4. The number of piperazine rings is 1. The van der Waals surface area contributed by atoms with Crippen LogP contribution in [0, 0.1) is 0 Å². The van der Waals surface area contributed by atoms with E-state index in [9.17, 15) is 13.2 Å². The van der Waals surface area contributed by atoms with Gasteiger partial charge >= 0.3 is 0 Å². The van der Waals surface area contributed by atoms with Crippen LogP contribution in [0.3, 0.4) is 0 Å². The third-order valence-corrected chi connectivity index (χ3v) is 7.56. The minimum atomic E-state index is -3.81. The molecule has 1 N–H and O–H groups in total. The molecule has 34 heavy (non-hydrogen) atoms. The Balaban J connectivity index is 1.29. The van der Waals surface area contributed by atoms with Gasteiger partial charge in [-0.15, -0.1) is 0 Å². The SMILES string of the molecule is O=C(CCN1CCN(Cc2ccccc2)CC1)c1cccc(S(=O)(=O)Nc2ccc(Cl)cc2)c1. The summed E-state index contributed by atoms with van der Waals surface area (Å²) in [7, 11) is -3.81. The Kier molecular flexibility index (Phi) is 8.00. The molecule has 0 bridgehead atoms. The van der Waals surface area contributed by atoms with Gasteiger partial charge in [-0.25, -0.2) is 8.42 Å². The Morgan fingerprint density at radius 1 is 0.853 bits per heavy atom. The molecule has 1 heterocycles.